The summed E-state index contributed by atoms with van der Waals surface area (Å²) in [5, 5.41) is 12.2. The van der Waals surface area contributed by atoms with E-state index >= 15 is 0 Å². The quantitative estimate of drug-likeness (QED) is 0.709. The first kappa shape index (κ1) is 16.8. The highest BCUT2D eigenvalue weighted by molar-refractivity contribution is 5.78. The molecule has 0 aromatic heterocycles. The van der Waals surface area contributed by atoms with Crippen LogP contribution in [0.4, 0.5) is 0 Å². The van der Waals surface area contributed by atoms with E-state index < -0.39 is 11.5 Å². The second kappa shape index (κ2) is 7.59. The van der Waals surface area contributed by atoms with Gasteiger partial charge in [0.05, 0.1) is 0 Å². The van der Waals surface area contributed by atoms with Gasteiger partial charge in [0, 0.05) is 6.04 Å². The second-order valence-corrected chi connectivity index (χ2v) is 7.13. The van der Waals surface area contributed by atoms with E-state index in [0.29, 0.717) is 6.42 Å². The lowest BCUT2D eigenvalue weighted by Gasteiger charge is -2.44. The Hall–Kier alpha value is -0.610. The maximum atomic E-state index is 11.3. The van der Waals surface area contributed by atoms with Crippen LogP contribution in [0.15, 0.2) is 0 Å². The van der Waals surface area contributed by atoms with E-state index in [1.807, 2.05) is 0 Å². The van der Waals surface area contributed by atoms with Crippen LogP contribution in [0.5, 0.6) is 0 Å². The van der Waals surface area contributed by atoms with Crippen molar-refractivity contribution in [1.29, 1.82) is 0 Å². The molecule has 0 aromatic rings. The van der Waals surface area contributed by atoms with Gasteiger partial charge in [-0.15, -0.1) is 0 Å². The SMILES string of the molecule is CNC(C)(CCCCN1CCCC2CCCCC21)C(=O)O. The fourth-order valence-corrected chi connectivity index (χ4v) is 4.14. The molecule has 3 unspecified atom stereocenters. The number of fused-ring (bicyclic) bond motifs is 1. The van der Waals surface area contributed by atoms with Crippen molar-refractivity contribution in [1.82, 2.24) is 10.2 Å². The van der Waals surface area contributed by atoms with Crippen LogP contribution in [0.25, 0.3) is 0 Å². The maximum absolute atomic E-state index is 11.3. The third-order valence-corrected chi connectivity index (χ3v) is 5.75. The summed E-state index contributed by atoms with van der Waals surface area (Å²) in [5.74, 6) is 0.199. The summed E-state index contributed by atoms with van der Waals surface area (Å²) in [7, 11) is 1.74. The van der Waals surface area contributed by atoms with Crippen LogP contribution in [0.2, 0.25) is 0 Å². The summed E-state index contributed by atoms with van der Waals surface area (Å²) in [6, 6.07) is 0.822. The molecule has 0 bridgehead atoms. The molecule has 1 saturated carbocycles. The molecule has 2 fully saturated rings. The van der Waals surface area contributed by atoms with Crippen LogP contribution < -0.4 is 5.32 Å². The van der Waals surface area contributed by atoms with E-state index in [9.17, 15) is 9.90 Å². The van der Waals surface area contributed by atoms with E-state index in [4.69, 9.17) is 0 Å². The first-order valence-electron chi connectivity index (χ1n) is 8.73. The molecule has 2 aliphatic rings. The average Bonchev–Trinajstić information content (AvgIpc) is 2.51. The Morgan fingerprint density at radius 3 is 2.67 bits per heavy atom. The molecule has 122 valence electrons. The predicted molar refractivity (Wildman–Crippen MR) is 85.5 cm³/mol. The van der Waals surface area contributed by atoms with Crippen molar-refractivity contribution in [3.8, 4) is 0 Å². The van der Waals surface area contributed by atoms with Gasteiger partial charge in [-0.1, -0.05) is 12.8 Å². The molecule has 2 rings (SSSR count). The standard InChI is InChI=1S/C17H32N2O2/c1-17(18-2,16(20)21)11-5-6-12-19-13-7-9-14-8-3-4-10-15(14)19/h14-15,18H,3-13H2,1-2H3,(H,20,21). The van der Waals surface area contributed by atoms with Crippen molar-refractivity contribution in [3.05, 3.63) is 0 Å². The molecule has 0 spiro atoms. The van der Waals surface area contributed by atoms with Crippen molar-refractivity contribution in [2.75, 3.05) is 20.1 Å². The van der Waals surface area contributed by atoms with Crippen LogP contribution in [0.3, 0.4) is 0 Å². The summed E-state index contributed by atoms with van der Waals surface area (Å²) in [5.41, 5.74) is -0.769. The fourth-order valence-electron chi connectivity index (χ4n) is 4.14. The zero-order valence-electron chi connectivity index (χ0n) is 13.7. The van der Waals surface area contributed by atoms with Gasteiger partial charge in [-0.05, 0) is 77.9 Å². The minimum Gasteiger partial charge on any atom is -0.480 e. The highest BCUT2D eigenvalue weighted by atomic mass is 16.4. The van der Waals surface area contributed by atoms with E-state index in [2.05, 4.69) is 10.2 Å². The Balaban J connectivity index is 1.74. The lowest BCUT2D eigenvalue weighted by Crippen LogP contribution is -2.48. The van der Waals surface area contributed by atoms with Crippen molar-refractivity contribution >= 4 is 5.97 Å². The van der Waals surface area contributed by atoms with Gasteiger partial charge in [-0.3, -0.25) is 4.79 Å². The first-order chi connectivity index (χ1) is 10.1. The topological polar surface area (TPSA) is 52.6 Å². The normalized spacial score (nSPS) is 29.6. The van der Waals surface area contributed by atoms with Crippen LogP contribution in [0, 0.1) is 5.92 Å². The van der Waals surface area contributed by atoms with E-state index in [0.717, 1.165) is 31.3 Å². The number of nitrogens with zero attached hydrogens (tertiary/aromatic N) is 1. The van der Waals surface area contributed by atoms with E-state index in [1.165, 1.54) is 45.1 Å². The molecule has 0 aromatic carbocycles. The zero-order chi connectivity index (χ0) is 15.3. The Labute approximate surface area is 129 Å². The predicted octanol–water partition coefficient (Wildman–Crippen LogP) is 2.87. The molecule has 2 N–H and O–H groups in total. The number of hydrogen-bond donors (Lipinski definition) is 2. The van der Waals surface area contributed by atoms with Crippen LogP contribution in [0.1, 0.15) is 64.7 Å². The summed E-state index contributed by atoms with van der Waals surface area (Å²) >= 11 is 0. The van der Waals surface area contributed by atoms with Crippen LogP contribution >= 0.6 is 0 Å². The molecule has 0 radical (unpaired) electrons. The number of unbranched alkanes of at least 4 members (excludes halogenated alkanes) is 1. The monoisotopic (exact) mass is 296 g/mol. The molecular weight excluding hydrogens is 264 g/mol. The second-order valence-electron chi connectivity index (χ2n) is 7.13. The molecule has 4 nitrogen and oxygen atoms in total. The molecule has 1 aliphatic carbocycles. The Kier molecular flexibility index (Phi) is 6.06. The number of carboxylic acid groups (broad SMARTS) is 1. The van der Waals surface area contributed by atoms with Gasteiger partial charge in [0.1, 0.15) is 5.54 Å². The minimum absolute atomic E-state index is 0.709. The van der Waals surface area contributed by atoms with Gasteiger partial charge in [-0.25, -0.2) is 0 Å². The Bertz CT molecular complexity index is 346. The fraction of sp³-hybridized carbons (Fsp3) is 0.941. The number of rotatable bonds is 7. The van der Waals surface area contributed by atoms with Gasteiger partial charge < -0.3 is 15.3 Å². The van der Waals surface area contributed by atoms with Crippen molar-refractivity contribution < 1.29 is 9.90 Å². The number of hydrogen-bond acceptors (Lipinski definition) is 3. The van der Waals surface area contributed by atoms with Gasteiger partial charge in [-0.2, -0.15) is 0 Å². The highest BCUT2D eigenvalue weighted by Crippen LogP contribution is 2.35. The molecule has 3 atom stereocenters. The van der Waals surface area contributed by atoms with Crippen molar-refractivity contribution in [3.63, 3.8) is 0 Å². The molecule has 21 heavy (non-hydrogen) atoms. The van der Waals surface area contributed by atoms with Crippen LogP contribution in [-0.2, 0) is 4.79 Å². The van der Waals surface area contributed by atoms with Gasteiger partial charge in [0.25, 0.3) is 0 Å². The number of aliphatic carboxylic acids is 1. The van der Waals surface area contributed by atoms with Crippen LogP contribution in [-0.4, -0.2) is 47.7 Å². The van der Waals surface area contributed by atoms with Gasteiger partial charge >= 0.3 is 5.97 Å². The van der Waals surface area contributed by atoms with Gasteiger partial charge in [0.2, 0.25) is 0 Å². The number of piperidine rings is 1. The smallest absolute Gasteiger partial charge is 0.323 e. The number of likely N-dealkylation sites (N-methyl/N-ethyl adjacent to an activating group) is 1. The first-order valence-corrected chi connectivity index (χ1v) is 8.73. The maximum Gasteiger partial charge on any atom is 0.323 e. The molecular formula is C17H32N2O2. The Morgan fingerprint density at radius 2 is 1.95 bits per heavy atom. The summed E-state index contributed by atoms with van der Waals surface area (Å²) in [6.07, 6.45) is 11.2. The lowest BCUT2D eigenvalue weighted by atomic mass is 9.78. The lowest BCUT2D eigenvalue weighted by molar-refractivity contribution is -0.144. The molecule has 1 aliphatic heterocycles. The summed E-state index contributed by atoms with van der Waals surface area (Å²) in [4.78, 5) is 14.0. The van der Waals surface area contributed by atoms with E-state index in [1.54, 1.807) is 14.0 Å². The molecule has 0 amide bonds. The average molecular weight is 296 g/mol. The minimum atomic E-state index is -0.769. The molecule has 1 saturated heterocycles. The largest absolute Gasteiger partial charge is 0.480 e. The van der Waals surface area contributed by atoms with Crippen molar-refractivity contribution in [2.45, 2.75) is 76.3 Å². The number of likely N-dealkylation sites (tertiary alicyclic amines) is 1. The third-order valence-electron chi connectivity index (χ3n) is 5.75. The van der Waals surface area contributed by atoms with Crippen molar-refractivity contribution in [2.24, 2.45) is 5.92 Å². The number of carbonyl (C=O) groups is 1. The van der Waals surface area contributed by atoms with Gasteiger partial charge in [0.15, 0.2) is 0 Å². The zero-order valence-corrected chi connectivity index (χ0v) is 13.7. The Morgan fingerprint density at radius 1 is 1.24 bits per heavy atom. The van der Waals surface area contributed by atoms with E-state index in [-0.39, 0.29) is 0 Å². The summed E-state index contributed by atoms with van der Waals surface area (Å²) < 4.78 is 0. The molecule has 4 heteroatoms. The molecule has 1 heterocycles. The number of carboxylic acids is 1. The number of nitrogens with one attached hydrogen (secondary N) is 1. The summed E-state index contributed by atoms with van der Waals surface area (Å²) in [6.45, 7) is 4.19. The third kappa shape index (κ3) is 4.19. The highest BCUT2D eigenvalue weighted by Gasteiger charge is 2.33.